The summed E-state index contributed by atoms with van der Waals surface area (Å²) in [7, 11) is 2.10. The summed E-state index contributed by atoms with van der Waals surface area (Å²) < 4.78 is 11.0. The van der Waals surface area contributed by atoms with E-state index in [4.69, 9.17) is 8.85 Å². The molecule has 14 heavy (non-hydrogen) atoms. The second-order valence-corrected chi connectivity index (χ2v) is 7.44. The van der Waals surface area contributed by atoms with Gasteiger partial charge in [-0.3, -0.25) is 0 Å². The van der Waals surface area contributed by atoms with Crippen LogP contribution in [-0.4, -0.2) is 23.5 Å². The number of unbranched alkanes of at least 4 members (excludes halogenated alkanes) is 1. The predicted molar refractivity (Wildman–Crippen MR) is 63.9 cm³/mol. The summed E-state index contributed by atoms with van der Waals surface area (Å²) in [4.78, 5) is 0. The molecule has 0 aliphatic rings. The first-order valence-corrected chi connectivity index (χ1v) is 7.13. The highest BCUT2D eigenvalue weighted by molar-refractivity contribution is 6.46. The van der Waals surface area contributed by atoms with Crippen molar-refractivity contribution in [2.45, 2.75) is 52.5 Å². The molecule has 0 aliphatic carbocycles. The summed E-state index contributed by atoms with van der Waals surface area (Å²) in [5.41, 5.74) is 0.912. The Morgan fingerprint density at radius 1 is 1.14 bits per heavy atom. The fraction of sp³-hybridized carbons (Fsp3) is 1.00. The van der Waals surface area contributed by atoms with Gasteiger partial charge in [-0.15, -0.1) is 0 Å². The van der Waals surface area contributed by atoms with Gasteiger partial charge in [0.25, 0.3) is 0 Å². The van der Waals surface area contributed by atoms with E-state index in [9.17, 15) is 0 Å². The van der Waals surface area contributed by atoms with Gasteiger partial charge in [0, 0.05) is 19.8 Å². The number of rotatable bonds is 6. The lowest BCUT2D eigenvalue weighted by atomic mass is 9.88. The Labute approximate surface area is 90.8 Å². The van der Waals surface area contributed by atoms with Gasteiger partial charge in [-0.2, -0.15) is 0 Å². The van der Waals surface area contributed by atoms with Crippen LogP contribution in [0.5, 0.6) is 0 Å². The van der Waals surface area contributed by atoms with Crippen LogP contribution >= 0.6 is 0 Å². The SMILES string of the molecule is CCCCC([SiH](OC)OC)C(C)(C)C. The van der Waals surface area contributed by atoms with Crippen LogP contribution in [0.1, 0.15) is 47.0 Å². The van der Waals surface area contributed by atoms with Gasteiger partial charge in [0.05, 0.1) is 0 Å². The summed E-state index contributed by atoms with van der Waals surface area (Å²) in [6.45, 7) is 9.08. The van der Waals surface area contributed by atoms with Gasteiger partial charge in [0.2, 0.25) is 0 Å². The fourth-order valence-electron chi connectivity index (χ4n) is 1.83. The van der Waals surface area contributed by atoms with Crippen molar-refractivity contribution >= 4 is 9.28 Å². The van der Waals surface area contributed by atoms with Gasteiger partial charge >= 0.3 is 9.28 Å². The smallest absolute Gasteiger partial charge is 0.324 e. The van der Waals surface area contributed by atoms with E-state index in [-0.39, 0.29) is 0 Å². The first-order valence-electron chi connectivity index (χ1n) is 5.53. The Balaban J connectivity index is 4.37. The Morgan fingerprint density at radius 2 is 1.64 bits per heavy atom. The van der Waals surface area contributed by atoms with Crippen molar-refractivity contribution in [2.24, 2.45) is 5.41 Å². The van der Waals surface area contributed by atoms with E-state index >= 15 is 0 Å². The average molecular weight is 218 g/mol. The molecular formula is C11H26O2Si. The third-order valence-electron chi connectivity index (χ3n) is 2.77. The lowest BCUT2D eigenvalue weighted by Gasteiger charge is -2.34. The molecule has 0 radical (unpaired) electrons. The van der Waals surface area contributed by atoms with Crippen molar-refractivity contribution in [3.05, 3.63) is 0 Å². The first kappa shape index (κ1) is 14.1. The predicted octanol–water partition coefficient (Wildman–Crippen LogP) is 3.11. The van der Waals surface area contributed by atoms with Gasteiger partial charge in [-0.25, -0.2) is 0 Å². The largest absolute Gasteiger partial charge is 0.400 e. The van der Waals surface area contributed by atoms with Crippen LogP contribution < -0.4 is 0 Å². The lowest BCUT2D eigenvalue weighted by Crippen LogP contribution is -2.34. The topological polar surface area (TPSA) is 18.5 Å². The molecule has 1 unspecified atom stereocenters. The molecule has 0 heterocycles. The molecule has 0 fully saturated rings. The lowest BCUT2D eigenvalue weighted by molar-refractivity contribution is 0.221. The molecule has 0 amide bonds. The molecule has 0 aliphatic heterocycles. The summed E-state index contributed by atoms with van der Waals surface area (Å²) in [6.07, 6.45) is 3.76. The second kappa shape index (κ2) is 6.59. The highest BCUT2D eigenvalue weighted by atomic mass is 28.3. The molecule has 2 nitrogen and oxygen atoms in total. The van der Waals surface area contributed by atoms with Gasteiger partial charge in [-0.1, -0.05) is 40.5 Å². The van der Waals surface area contributed by atoms with Crippen molar-refractivity contribution in [1.82, 2.24) is 0 Å². The average Bonchev–Trinajstić information content (AvgIpc) is 2.10. The van der Waals surface area contributed by atoms with E-state index in [1.54, 1.807) is 14.2 Å². The van der Waals surface area contributed by atoms with Crippen LogP contribution in [0.2, 0.25) is 5.54 Å². The molecule has 1 atom stereocenters. The van der Waals surface area contributed by atoms with Crippen LogP contribution in [0.4, 0.5) is 0 Å². The van der Waals surface area contributed by atoms with Crippen molar-refractivity contribution in [2.75, 3.05) is 14.2 Å². The molecule has 0 aromatic rings. The zero-order chi connectivity index (χ0) is 11.2. The third-order valence-corrected chi connectivity index (χ3v) is 5.69. The molecular weight excluding hydrogens is 192 g/mol. The van der Waals surface area contributed by atoms with Gasteiger partial charge < -0.3 is 8.85 Å². The molecule has 0 aromatic carbocycles. The fourth-order valence-corrected chi connectivity index (χ4v) is 4.00. The van der Waals surface area contributed by atoms with Crippen molar-refractivity contribution in [3.8, 4) is 0 Å². The maximum absolute atomic E-state index is 5.50. The number of hydrogen-bond acceptors (Lipinski definition) is 2. The summed E-state index contributed by atoms with van der Waals surface area (Å²) in [5, 5.41) is 0. The Kier molecular flexibility index (Phi) is 6.65. The van der Waals surface area contributed by atoms with Gasteiger partial charge in [0.1, 0.15) is 0 Å². The maximum atomic E-state index is 5.50. The van der Waals surface area contributed by atoms with E-state index in [0.717, 1.165) is 0 Å². The standard InChI is InChI=1S/C11H26O2Si/c1-7-8-9-10(11(2,3)4)14(12-5)13-6/h10,14H,7-9H2,1-6H3. The van der Waals surface area contributed by atoms with E-state index < -0.39 is 9.28 Å². The quantitative estimate of drug-likeness (QED) is 0.638. The van der Waals surface area contributed by atoms with Crippen molar-refractivity contribution in [1.29, 1.82) is 0 Å². The molecule has 86 valence electrons. The molecule has 0 N–H and O–H groups in total. The molecule has 0 saturated carbocycles. The van der Waals surface area contributed by atoms with Gasteiger partial charge in [0.15, 0.2) is 0 Å². The second-order valence-electron chi connectivity index (χ2n) is 4.95. The molecule has 0 spiro atoms. The molecule has 3 heteroatoms. The molecule has 0 rings (SSSR count). The van der Waals surface area contributed by atoms with Crippen LogP contribution in [0.25, 0.3) is 0 Å². The van der Waals surface area contributed by atoms with E-state index in [2.05, 4.69) is 27.7 Å². The highest BCUT2D eigenvalue weighted by Gasteiger charge is 2.34. The number of hydrogen-bond donors (Lipinski definition) is 0. The minimum atomic E-state index is -1.46. The Bertz CT molecular complexity index is 139. The van der Waals surface area contributed by atoms with Crippen LogP contribution in [0.3, 0.4) is 0 Å². The van der Waals surface area contributed by atoms with Crippen LogP contribution in [-0.2, 0) is 8.85 Å². The first-order chi connectivity index (χ1) is 6.47. The molecule has 0 aromatic heterocycles. The van der Waals surface area contributed by atoms with E-state index in [1.165, 1.54) is 19.3 Å². The minimum Gasteiger partial charge on any atom is -0.400 e. The zero-order valence-electron chi connectivity index (χ0n) is 10.6. The zero-order valence-corrected chi connectivity index (χ0v) is 11.7. The van der Waals surface area contributed by atoms with Gasteiger partial charge in [-0.05, 0) is 11.8 Å². The van der Waals surface area contributed by atoms with E-state index in [0.29, 0.717) is 11.0 Å². The molecule has 0 bridgehead atoms. The summed E-state index contributed by atoms with van der Waals surface area (Å²) in [5.74, 6) is 0. The Morgan fingerprint density at radius 3 is 1.93 bits per heavy atom. The third kappa shape index (κ3) is 4.58. The normalized spacial score (nSPS) is 14.8. The maximum Gasteiger partial charge on any atom is 0.324 e. The Hall–Kier alpha value is 0.137. The van der Waals surface area contributed by atoms with Crippen molar-refractivity contribution < 1.29 is 8.85 Å². The van der Waals surface area contributed by atoms with Crippen LogP contribution in [0, 0.1) is 5.41 Å². The monoisotopic (exact) mass is 218 g/mol. The summed E-state index contributed by atoms with van der Waals surface area (Å²) in [6, 6.07) is 0. The van der Waals surface area contributed by atoms with Crippen LogP contribution in [0.15, 0.2) is 0 Å². The highest BCUT2D eigenvalue weighted by Crippen LogP contribution is 2.38. The minimum absolute atomic E-state index is 0.304. The van der Waals surface area contributed by atoms with Crippen molar-refractivity contribution in [3.63, 3.8) is 0 Å². The summed E-state index contributed by atoms with van der Waals surface area (Å²) >= 11 is 0. The molecule has 0 saturated heterocycles. The van der Waals surface area contributed by atoms with E-state index in [1.807, 2.05) is 0 Å².